The largest absolute Gasteiger partial charge is 0.361 e. The normalized spacial score (nSPS) is 23.8. The van der Waals surface area contributed by atoms with E-state index in [0.29, 0.717) is 18.0 Å². The smallest absolute Gasteiger partial charge is 0.243 e. The van der Waals surface area contributed by atoms with Gasteiger partial charge in [0, 0.05) is 31.7 Å². The summed E-state index contributed by atoms with van der Waals surface area (Å²) in [6.45, 7) is 10.0. The lowest BCUT2D eigenvalue weighted by Crippen LogP contribution is -2.45. The molecule has 2 saturated heterocycles. The van der Waals surface area contributed by atoms with E-state index in [2.05, 4.69) is 17.0 Å². The summed E-state index contributed by atoms with van der Waals surface area (Å²) in [4.78, 5) is 2.86. The van der Waals surface area contributed by atoms with Crippen molar-refractivity contribution < 1.29 is 12.9 Å². The molecule has 0 saturated carbocycles. The summed E-state index contributed by atoms with van der Waals surface area (Å²) in [7, 11) is -3.43. The third kappa shape index (κ3) is 4.00. The Morgan fingerprint density at radius 1 is 1.10 bits per heavy atom. The molecule has 158 valence electrons. The van der Waals surface area contributed by atoms with Crippen LogP contribution in [0.25, 0.3) is 0 Å². The molecule has 29 heavy (non-hydrogen) atoms. The van der Waals surface area contributed by atoms with Crippen molar-refractivity contribution in [2.24, 2.45) is 5.41 Å². The highest BCUT2D eigenvalue weighted by Gasteiger charge is 2.45. The zero-order valence-electron chi connectivity index (χ0n) is 17.6. The Labute approximate surface area is 173 Å². The Hall–Kier alpha value is -1.70. The zero-order valence-corrected chi connectivity index (χ0v) is 18.5. The fraction of sp³-hybridized carbons (Fsp3) is 0.591. The summed E-state index contributed by atoms with van der Waals surface area (Å²) in [5.41, 5.74) is 3.33. The first-order chi connectivity index (χ1) is 13.8. The van der Waals surface area contributed by atoms with Gasteiger partial charge in [-0.05, 0) is 69.2 Å². The molecule has 0 N–H and O–H groups in total. The number of likely N-dealkylation sites (tertiary alicyclic amines) is 1. The van der Waals surface area contributed by atoms with E-state index in [-0.39, 0.29) is 5.41 Å². The second-order valence-corrected chi connectivity index (χ2v) is 10.6. The number of aryl methyl sites for hydroxylation is 3. The van der Waals surface area contributed by atoms with Crippen LogP contribution in [0.5, 0.6) is 0 Å². The second-order valence-electron chi connectivity index (χ2n) is 8.70. The molecule has 1 atom stereocenters. The number of benzene rings is 1. The second kappa shape index (κ2) is 7.85. The van der Waals surface area contributed by atoms with Gasteiger partial charge in [0.1, 0.15) is 5.76 Å². The van der Waals surface area contributed by atoms with Crippen molar-refractivity contribution in [2.45, 2.75) is 57.9 Å². The van der Waals surface area contributed by atoms with Gasteiger partial charge in [-0.1, -0.05) is 24.2 Å². The fourth-order valence-electron chi connectivity index (χ4n) is 4.87. The molecular formula is C22H31N3O3S. The minimum atomic E-state index is -3.43. The summed E-state index contributed by atoms with van der Waals surface area (Å²) in [6, 6.07) is 7.35. The molecule has 0 aliphatic carbocycles. The van der Waals surface area contributed by atoms with E-state index < -0.39 is 10.0 Å². The molecular weight excluding hydrogens is 386 g/mol. The average Bonchev–Trinajstić information content (AvgIpc) is 3.27. The molecule has 0 amide bonds. The minimum absolute atomic E-state index is 0.0493. The predicted octanol–water partition coefficient (Wildman–Crippen LogP) is 3.53. The van der Waals surface area contributed by atoms with E-state index in [0.717, 1.165) is 62.3 Å². The van der Waals surface area contributed by atoms with Crippen LogP contribution < -0.4 is 0 Å². The van der Waals surface area contributed by atoms with Crippen molar-refractivity contribution >= 4 is 10.0 Å². The van der Waals surface area contributed by atoms with Crippen LogP contribution in [0.1, 0.15) is 48.8 Å². The average molecular weight is 418 g/mol. The summed E-state index contributed by atoms with van der Waals surface area (Å²) < 4.78 is 33.4. The summed E-state index contributed by atoms with van der Waals surface area (Å²) in [6.07, 6.45) is 4.03. The SMILES string of the molecule is CCc1ccc(S(=O)(=O)N2CC[C@@]3(CCCN(Cc4c(C)noc4C)C3)C2)cc1. The molecule has 6 nitrogen and oxygen atoms in total. The van der Waals surface area contributed by atoms with Crippen LogP contribution in [0.2, 0.25) is 0 Å². The van der Waals surface area contributed by atoms with Crippen molar-refractivity contribution in [1.29, 1.82) is 0 Å². The number of nitrogens with zero attached hydrogens (tertiary/aromatic N) is 3. The predicted molar refractivity (Wildman–Crippen MR) is 112 cm³/mol. The fourth-order valence-corrected chi connectivity index (χ4v) is 6.43. The maximum atomic E-state index is 13.2. The van der Waals surface area contributed by atoms with Gasteiger partial charge in [0.25, 0.3) is 0 Å². The Balaban J connectivity index is 1.47. The Kier molecular flexibility index (Phi) is 5.57. The Morgan fingerprint density at radius 3 is 2.52 bits per heavy atom. The van der Waals surface area contributed by atoms with Gasteiger partial charge < -0.3 is 4.52 Å². The van der Waals surface area contributed by atoms with Crippen LogP contribution >= 0.6 is 0 Å². The van der Waals surface area contributed by atoms with Crippen molar-refractivity contribution in [1.82, 2.24) is 14.4 Å². The first kappa shape index (κ1) is 20.6. The van der Waals surface area contributed by atoms with Crippen LogP contribution in [0, 0.1) is 19.3 Å². The molecule has 0 radical (unpaired) electrons. The molecule has 0 bridgehead atoms. The summed E-state index contributed by atoms with van der Waals surface area (Å²) >= 11 is 0. The summed E-state index contributed by atoms with van der Waals surface area (Å²) in [5.74, 6) is 0.883. The molecule has 1 aromatic heterocycles. The standard InChI is InChI=1S/C22H31N3O3S/c1-4-19-6-8-20(9-7-19)29(26,27)25-13-11-22(16-25)10-5-12-24(15-22)14-21-17(2)23-28-18(21)3/h6-9H,4-5,10-16H2,1-3H3/t22-/m1/s1. The van der Waals surface area contributed by atoms with Crippen molar-refractivity contribution in [3.8, 4) is 0 Å². The number of hydrogen-bond acceptors (Lipinski definition) is 5. The van der Waals surface area contributed by atoms with E-state index >= 15 is 0 Å². The molecule has 2 aliphatic heterocycles. The van der Waals surface area contributed by atoms with Crippen molar-refractivity contribution in [2.75, 3.05) is 26.2 Å². The van der Waals surface area contributed by atoms with Crippen molar-refractivity contribution in [3.05, 3.63) is 46.8 Å². The van der Waals surface area contributed by atoms with Crippen LogP contribution in [-0.2, 0) is 23.0 Å². The molecule has 7 heteroatoms. The molecule has 4 rings (SSSR count). The highest BCUT2D eigenvalue weighted by molar-refractivity contribution is 7.89. The zero-order chi connectivity index (χ0) is 20.6. The quantitative estimate of drug-likeness (QED) is 0.745. The van der Waals surface area contributed by atoms with Gasteiger partial charge in [-0.25, -0.2) is 8.42 Å². The van der Waals surface area contributed by atoms with Gasteiger partial charge in [0.05, 0.1) is 10.6 Å². The molecule has 3 heterocycles. The van der Waals surface area contributed by atoms with Gasteiger partial charge in [-0.2, -0.15) is 4.31 Å². The van der Waals surface area contributed by atoms with E-state index in [1.807, 2.05) is 26.0 Å². The van der Waals surface area contributed by atoms with Crippen LogP contribution in [-0.4, -0.2) is 49.0 Å². The van der Waals surface area contributed by atoms with E-state index in [9.17, 15) is 8.42 Å². The molecule has 1 spiro atoms. The first-order valence-corrected chi connectivity index (χ1v) is 12.0. The number of aromatic nitrogens is 1. The lowest BCUT2D eigenvalue weighted by molar-refractivity contribution is 0.0930. The first-order valence-electron chi connectivity index (χ1n) is 10.6. The number of hydrogen-bond donors (Lipinski definition) is 0. The minimum Gasteiger partial charge on any atom is -0.361 e. The van der Waals surface area contributed by atoms with Gasteiger partial charge in [0.15, 0.2) is 0 Å². The highest BCUT2D eigenvalue weighted by Crippen LogP contribution is 2.41. The number of sulfonamides is 1. The lowest BCUT2D eigenvalue weighted by atomic mass is 9.79. The molecule has 2 aliphatic rings. The molecule has 2 aromatic rings. The van der Waals surface area contributed by atoms with Crippen LogP contribution in [0.4, 0.5) is 0 Å². The van der Waals surface area contributed by atoms with E-state index in [1.54, 1.807) is 16.4 Å². The van der Waals surface area contributed by atoms with Crippen molar-refractivity contribution in [3.63, 3.8) is 0 Å². The van der Waals surface area contributed by atoms with Gasteiger partial charge in [-0.15, -0.1) is 0 Å². The lowest BCUT2D eigenvalue weighted by Gasteiger charge is -2.40. The van der Waals surface area contributed by atoms with Gasteiger partial charge >= 0.3 is 0 Å². The summed E-state index contributed by atoms with van der Waals surface area (Å²) in [5, 5.41) is 4.07. The number of piperidine rings is 1. The third-order valence-electron chi connectivity index (χ3n) is 6.68. The Morgan fingerprint density at radius 2 is 1.86 bits per heavy atom. The van der Waals surface area contributed by atoms with Crippen LogP contribution in [0.15, 0.2) is 33.7 Å². The highest BCUT2D eigenvalue weighted by atomic mass is 32.2. The maximum Gasteiger partial charge on any atom is 0.243 e. The Bertz CT molecular complexity index is 948. The monoisotopic (exact) mass is 417 g/mol. The molecule has 1 aromatic carbocycles. The maximum absolute atomic E-state index is 13.2. The molecule has 2 fully saturated rings. The van der Waals surface area contributed by atoms with Gasteiger partial charge in [0.2, 0.25) is 10.0 Å². The topological polar surface area (TPSA) is 66.7 Å². The van der Waals surface area contributed by atoms with E-state index in [1.165, 1.54) is 5.56 Å². The van der Waals surface area contributed by atoms with Crippen LogP contribution in [0.3, 0.4) is 0 Å². The number of rotatable bonds is 5. The van der Waals surface area contributed by atoms with Gasteiger partial charge in [-0.3, -0.25) is 4.90 Å². The third-order valence-corrected chi connectivity index (χ3v) is 8.54. The molecule has 0 unspecified atom stereocenters. The van der Waals surface area contributed by atoms with E-state index in [4.69, 9.17) is 4.52 Å².